The van der Waals surface area contributed by atoms with E-state index in [1.807, 2.05) is 30.3 Å². The quantitative estimate of drug-likeness (QED) is 0.799. The molecule has 0 aromatic heterocycles. The Labute approximate surface area is 167 Å². The number of amides is 2. The van der Waals surface area contributed by atoms with Crippen LogP contribution >= 0.6 is 12.4 Å². The van der Waals surface area contributed by atoms with Gasteiger partial charge in [-0.3, -0.25) is 9.59 Å². The average molecular weight is 396 g/mol. The molecule has 2 aliphatic rings. The van der Waals surface area contributed by atoms with Crippen molar-refractivity contribution in [1.29, 1.82) is 0 Å². The highest BCUT2D eigenvalue weighted by molar-refractivity contribution is 5.85. The van der Waals surface area contributed by atoms with Crippen LogP contribution in [-0.4, -0.2) is 55.0 Å². The number of nitrogens with one attached hydrogen (secondary N) is 2. The van der Waals surface area contributed by atoms with Gasteiger partial charge in [0, 0.05) is 31.1 Å². The molecule has 1 aromatic carbocycles. The number of hydrogen-bond donors (Lipinski definition) is 2. The molecular formula is C20H30ClN3O3. The Hall–Kier alpha value is -1.79. The summed E-state index contributed by atoms with van der Waals surface area (Å²) in [6, 6.07) is 9.89. The lowest BCUT2D eigenvalue weighted by Gasteiger charge is -2.34. The minimum absolute atomic E-state index is 0. The van der Waals surface area contributed by atoms with Gasteiger partial charge < -0.3 is 20.3 Å². The molecule has 6 nitrogen and oxygen atoms in total. The Morgan fingerprint density at radius 3 is 2.56 bits per heavy atom. The van der Waals surface area contributed by atoms with Crippen LogP contribution in [0.25, 0.3) is 0 Å². The second-order valence-corrected chi connectivity index (χ2v) is 7.26. The number of likely N-dealkylation sites (tertiary alicyclic amines) is 1. The summed E-state index contributed by atoms with van der Waals surface area (Å²) in [5.74, 6) is 0.824. The van der Waals surface area contributed by atoms with Gasteiger partial charge in [0.15, 0.2) is 6.61 Å². The first-order valence-corrected chi connectivity index (χ1v) is 9.63. The van der Waals surface area contributed by atoms with E-state index in [-0.39, 0.29) is 42.8 Å². The number of ether oxygens (including phenoxy) is 1. The fourth-order valence-corrected chi connectivity index (χ4v) is 3.69. The first-order valence-electron chi connectivity index (χ1n) is 9.63. The fourth-order valence-electron chi connectivity index (χ4n) is 3.69. The topological polar surface area (TPSA) is 70.7 Å². The molecule has 2 heterocycles. The lowest BCUT2D eigenvalue weighted by Crippen LogP contribution is -2.54. The summed E-state index contributed by atoms with van der Waals surface area (Å²) < 4.78 is 5.53. The van der Waals surface area contributed by atoms with Gasteiger partial charge in [-0.15, -0.1) is 12.4 Å². The van der Waals surface area contributed by atoms with Crippen molar-refractivity contribution in [3.05, 3.63) is 30.3 Å². The monoisotopic (exact) mass is 395 g/mol. The first kappa shape index (κ1) is 21.5. The van der Waals surface area contributed by atoms with E-state index in [1.165, 1.54) is 0 Å². The molecule has 0 bridgehead atoms. The number of carbonyl (C=O) groups is 2. The lowest BCUT2D eigenvalue weighted by atomic mass is 9.93. The Bertz CT molecular complexity index is 606. The van der Waals surface area contributed by atoms with E-state index in [4.69, 9.17) is 4.74 Å². The van der Waals surface area contributed by atoms with Crippen LogP contribution < -0.4 is 15.4 Å². The molecule has 2 aliphatic heterocycles. The number of nitrogens with zero attached hydrogens (tertiary/aromatic N) is 1. The standard InChI is InChI=1S/C20H29N3O3.ClH/c1-15-18(8-5-11-21-15)22-20(25)16-9-12-23(13-10-16)19(24)14-26-17-6-3-2-4-7-17;/h2-4,6-7,15-16,18,21H,5,8-14H2,1H3,(H,22,25);1H. The van der Waals surface area contributed by atoms with Crippen LogP contribution in [0, 0.1) is 5.92 Å². The van der Waals surface area contributed by atoms with Gasteiger partial charge in [-0.2, -0.15) is 0 Å². The summed E-state index contributed by atoms with van der Waals surface area (Å²) >= 11 is 0. The molecule has 2 saturated heterocycles. The van der Waals surface area contributed by atoms with Crippen molar-refractivity contribution >= 4 is 24.2 Å². The summed E-state index contributed by atoms with van der Waals surface area (Å²) in [5.41, 5.74) is 0. The molecule has 2 amide bonds. The van der Waals surface area contributed by atoms with Gasteiger partial charge in [-0.25, -0.2) is 0 Å². The molecule has 7 heteroatoms. The van der Waals surface area contributed by atoms with Gasteiger partial charge in [0.05, 0.1) is 0 Å². The largest absolute Gasteiger partial charge is 0.484 e. The Balaban J connectivity index is 0.00000261. The smallest absolute Gasteiger partial charge is 0.260 e. The SMILES string of the molecule is CC1NCCCC1NC(=O)C1CCN(C(=O)COc2ccccc2)CC1.Cl. The second kappa shape index (κ2) is 10.5. The normalized spacial score (nSPS) is 23.2. The number of para-hydroxylation sites is 1. The zero-order valence-electron chi connectivity index (χ0n) is 15.9. The summed E-state index contributed by atoms with van der Waals surface area (Å²) in [5, 5.41) is 6.61. The molecule has 0 aliphatic carbocycles. The number of rotatable bonds is 5. The number of piperidine rings is 2. The molecule has 0 radical (unpaired) electrons. The Morgan fingerprint density at radius 2 is 1.89 bits per heavy atom. The Kier molecular flexibility index (Phi) is 8.38. The van der Waals surface area contributed by atoms with Gasteiger partial charge in [0.2, 0.25) is 5.91 Å². The maximum absolute atomic E-state index is 12.5. The lowest BCUT2D eigenvalue weighted by molar-refractivity contribution is -0.137. The maximum Gasteiger partial charge on any atom is 0.260 e. The van der Waals surface area contributed by atoms with Crippen molar-refractivity contribution in [3.63, 3.8) is 0 Å². The van der Waals surface area contributed by atoms with Crippen molar-refractivity contribution < 1.29 is 14.3 Å². The van der Waals surface area contributed by atoms with E-state index >= 15 is 0 Å². The molecule has 27 heavy (non-hydrogen) atoms. The van der Waals surface area contributed by atoms with E-state index in [2.05, 4.69) is 17.6 Å². The first-order chi connectivity index (χ1) is 12.6. The van der Waals surface area contributed by atoms with Crippen LogP contribution in [0.5, 0.6) is 5.75 Å². The summed E-state index contributed by atoms with van der Waals surface area (Å²) in [7, 11) is 0. The Morgan fingerprint density at radius 1 is 1.19 bits per heavy atom. The molecule has 3 rings (SSSR count). The van der Waals surface area contributed by atoms with Gasteiger partial charge >= 0.3 is 0 Å². The zero-order valence-corrected chi connectivity index (χ0v) is 16.7. The molecule has 2 unspecified atom stereocenters. The molecular weight excluding hydrogens is 366 g/mol. The summed E-state index contributed by atoms with van der Waals surface area (Å²) in [4.78, 5) is 26.6. The second-order valence-electron chi connectivity index (χ2n) is 7.26. The molecule has 2 atom stereocenters. The minimum Gasteiger partial charge on any atom is -0.484 e. The highest BCUT2D eigenvalue weighted by atomic mass is 35.5. The molecule has 2 fully saturated rings. The third kappa shape index (κ3) is 6.11. The van der Waals surface area contributed by atoms with Crippen molar-refractivity contribution in [2.45, 2.75) is 44.7 Å². The van der Waals surface area contributed by atoms with Gasteiger partial charge in [0.25, 0.3) is 5.91 Å². The van der Waals surface area contributed by atoms with Crippen molar-refractivity contribution in [2.75, 3.05) is 26.2 Å². The van der Waals surface area contributed by atoms with Crippen molar-refractivity contribution in [3.8, 4) is 5.75 Å². The molecule has 0 spiro atoms. The van der Waals surface area contributed by atoms with E-state index in [0.717, 1.165) is 32.2 Å². The van der Waals surface area contributed by atoms with Crippen LogP contribution in [0.3, 0.4) is 0 Å². The van der Waals surface area contributed by atoms with Crippen LogP contribution in [0.2, 0.25) is 0 Å². The van der Waals surface area contributed by atoms with E-state index < -0.39 is 0 Å². The van der Waals surface area contributed by atoms with Crippen LogP contribution in [0.1, 0.15) is 32.6 Å². The fraction of sp³-hybridized carbons (Fsp3) is 0.600. The predicted molar refractivity (Wildman–Crippen MR) is 107 cm³/mol. The average Bonchev–Trinajstić information content (AvgIpc) is 2.69. The molecule has 0 saturated carbocycles. The van der Waals surface area contributed by atoms with E-state index in [1.54, 1.807) is 4.90 Å². The minimum atomic E-state index is -0.0159. The predicted octanol–water partition coefficient (Wildman–Crippen LogP) is 1.98. The number of benzene rings is 1. The highest BCUT2D eigenvalue weighted by Gasteiger charge is 2.30. The zero-order chi connectivity index (χ0) is 18.4. The number of halogens is 1. The van der Waals surface area contributed by atoms with Crippen LogP contribution in [0.15, 0.2) is 30.3 Å². The van der Waals surface area contributed by atoms with Crippen LogP contribution in [0.4, 0.5) is 0 Å². The van der Waals surface area contributed by atoms with Gasteiger partial charge in [0.1, 0.15) is 5.75 Å². The van der Waals surface area contributed by atoms with E-state index in [0.29, 0.717) is 24.9 Å². The van der Waals surface area contributed by atoms with Crippen LogP contribution in [-0.2, 0) is 9.59 Å². The summed E-state index contributed by atoms with van der Waals surface area (Å²) in [6.45, 7) is 4.43. The van der Waals surface area contributed by atoms with Gasteiger partial charge in [-0.05, 0) is 51.3 Å². The third-order valence-electron chi connectivity index (χ3n) is 5.41. The maximum atomic E-state index is 12.5. The van der Waals surface area contributed by atoms with Crippen molar-refractivity contribution in [2.24, 2.45) is 5.92 Å². The molecule has 2 N–H and O–H groups in total. The highest BCUT2D eigenvalue weighted by Crippen LogP contribution is 2.19. The molecule has 150 valence electrons. The van der Waals surface area contributed by atoms with E-state index in [9.17, 15) is 9.59 Å². The summed E-state index contributed by atoms with van der Waals surface area (Å²) in [6.07, 6.45) is 3.58. The number of hydrogen-bond acceptors (Lipinski definition) is 4. The van der Waals surface area contributed by atoms with Gasteiger partial charge in [-0.1, -0.05) is 18.2 Å². The molecule has 1 aromatic rings. The third-order valence-corrected chi connectivity index (χ3v) is 5.41. The van der Waals surface area contributed by atoms with Crippen molar-refractivity contribution in [1.82, 2.24) is 15.5 Å². The number of carbonyl (C=O) groups excluding carboxylic acids is 2.